The lowest BCUT2D eigenvalue weighted by atomic mass is 10.0. The molecule has 0 aliphatic carbocycles. The van der Waals surface area contributed by atoms with Crippen molar-refractivity contribution >= 4 is 17.6 Å². The zero-order valence-corrected chi connectivity index (χ0v) is 15.9. The summed E-state index contributed by atoms with van der Waals surface area (Å²) >= 11 is 0. The van der Waals surface area contributed by atoms with Gasteiger partial charge in [0.2, 0.25) is 0 Å². The number of hydrogen-bond donors (Lipinski definition) is 1. The second-order valence-electron chi connectivity index (χ2n) is 7.08. The molecule has 2 amide bonds. The van der Waals surface area contributed by atoms with Gasteiger partial charge in [0.15, 0.2) is 5.78 Å². The van der Waals surface area contributed by atoms with Crippen molar-refractivity contribution in [2.24, 2.45) is 5.92 Å². The van der Waals surface area contributed by atoms with Crippen molar-refractivity contribution < 1.29 is 19.5 Å². The van der Waals surface area contributed by atoms with Gasteiger partial charge in [0.1, 0.15) is 11.3 Å². The minimum atomic E-state index is -0.742. The molecule has 1 unspecified atom stereocenters. The molecule has 1 N–H and O–H groups in total. The van der Waals surface area contributed by atoms with E-state index in [1.54, 1.807) is 6.08 Å². The molecule has 5 nitrogen and oxygen atoms in total. The zero-order chi connectivity index (χ0) is 19.0. The Morgan fingerprint density at radius 2 is 1.84 bits per heavy atom. The van der Waals surface area contributed by atoms with Crippen LogP contribution < -0.4 is 0 Å². The van der Waals surface area contributed by atoms with Crippen LogP contribution in [0.4, 0.5) is 0 Å². The van der Waals surface area contributed by atoms with E-state index in [-0.39, 0.29) is 17.3 Å². The molecule has 1 aliphatic rings. The first-order valence-electron chi connectivity index (χ1n) is 9.29. The van der Waals surface area contributed by atoms with Crippen LogP contribution in [0.5, 0.6) is 0 Å². The van der Waals surface area contributed by atoms with Crippen LogP contribution in [0.1, 0.15) is 72.6 Å². The van der Waals surface area contributed by atoms with Gasteiger partial charge in [-0.2, -0.15) is 0 Å². The number of imide groups is 1. The summed E-state index contributed by atoms with van der Waals surface area (Å²) < 4.78 is 0. The fourth-order valence-electron chi connectivity index (χ4n) is 3.04. The van der Waals surface area contributed by atoms with E-state index in [1.165, 1.54) is 32.3 Å². The minimum absolute atomic E-state index is 0.170. The van der Waals surface area contributed by atoms with E-state index in [1.807, 2.05) is 13.8 Å². The van der Waals surface area contributed by atoms with E-state index in [0.717, 1.165) is 24.2 Å². The lowest BCUT2D eigenvalue weighted by Gasteiger charge is -2.23. The summed E-state index contributed by atoms with van der Waals surface area (Å²) in [6.07, 6.45) is 10.1. The molecule has 0 spiro atoms. The summed E-state index contributed by atoms with van der Waals surface area (Å²) in [7, 11) is 0. The smallest absolute Gasteiger partial charge is 0.268 e. The summed E-state index contributed by atoms with van der Waals surface area (Å²) in [5, 5.41) is 10.3. The van der Waals surface area contributed by atoms with Crippen molar-refractivity contribution in [3.05, 3.63) is 23.5 Å². The van der Waals surface area contributed by atoms with Gasteiger partial charge < -0.3 is 5.11 Å². The topological polar surface area (TPSA) is 74.7 Å². The van der Waals surface area contributed by atoms with E-state index in [9.17, 15) is 19.5 Å². The molecule has 0 fully saturated rings. The van der Waals surface area contributed by atoms with Crippen LogP contribution in [-0.4, -0.2) is 33.6 Å². The summed E-state index contributed by atoms with van der Waals surface area (Å²) in [6.45, 7) is 7.28. The summed E-state index contributed by atoms with van der Waals surface area (Å²) in [5.74, 6) is -1.76. The Hall–Kier alpha value is -1.91. The Bertz CT molecular complexity index is 560. The molecule has 1 rings (SSSR count). The average molecular weight is 349 g/mol. The third kappa shape index (κ3) is 5.83. The third-order valence-electron chi connectivity index (χ3n) is 4.34. The van der Waals surface area contributed by atoms with Gasteiger partial charge in [-0.1, -0.05) is 52.5 Å². The lowest BCUT2D eigenvalue weighted by Crippen LogP contribution is -2.41. The van der Waals surface area contributed by atoms with Gasteiger partial charge in [0.05, 0.1) is 6.04 Å². The van der Waals surface area contributed by atoms with Gasteiger partial charge in [0.25, 0.3) is 11.8 Å². The maximum atomic E-state index is 12.5. The fraction of sp³-hybridized carbons (Fsp3) is 0.650. The van der Waals surface area contributed by atoms with Crippen LogP contribution in [0, 0.1) is 5.92 Å². The second kappa shape index (κ2) is 10.2. The monoisotopic (exact) mass is 349 g/mol. The number of unbranched alkanes of at least 4 members (excludes halogenated alkanes) is 5. The molecule has 0 saturated heterocycles. The maximum absolute atomic E-state index is 12.5. The number of aliphatic hydroxyl groups excluding tert-OH is 1. The number of rotatable bonds is 10. The molecule has 0 aromatic heterocycles. The fourth-order valence-corrected chi connectivity index (χ4v) is 3.04. The zero-order valence-electron chi connectivity index (χ0n) is 15.9. The van der Waals surface area contributed by atoms with Crippen LogP contribution in [-0.2, 0) is 14.4 Å². The van der Waals surface area contributed by atoms with Crippen molar-refractivity contribution in [3.8, 4) is 0 Å². The second-order valence-corrected chi connectivity index (χ2v) is 7.08. The quantitative estimate of drug-likeness (QED) is 0.366. The molecule has 1 heterocycles. The van der Waals surface area contributed by atoms with E-state index in [2.05, 4.69) is 6.92 Å². The maximum Gasteiger partial charge on any atom is 0.268 e. The predicted molar refractivity (Wildman–Crippen MR) is 97.9 cm³/mol. The Labute approximate surface area is 150 Å². The van der Waals surface area contributed by atoms with Crippen molar-refractivity contribution in [2.45, 2.75) is 78.7 Å². The standard InChI is InChI=1S/C20H31NO4/c1-5-6-7-8-9-10-11-12-17(23)21-16(13-14(2)3)19(24)18(15(4)22)20(21)25/h11-12,14,16,24H,5-10,13H2,1-4H3/b12-11+. The van der Waals surface area contributed by atoms with Crippen LogP contribution in [0.25, 0.3) is 0 Å². The number of aliphatic hydroxyl groups is 1. The molecule has 140 valence electrons. The summed E-state index contributed by atoms with van der Waals surface area (Å²) in [5.41, 5.74) is -0.257. The number of amides is 2. The number of carbonyl (C=O) groups is 3. The first-order valence-corrected chi connectivity index (χ1v) is 9.29. The normalized spacial score (nSPS) is 18.0. The molecule has 1 atom stereocenters. The van der Waals surface area contributed by atoms with Crippen molar-refractivity contribution in [1.82, 2.24) is 4.90 Å². The highest BCUT2D eigenvalue weighted by atomic mass is 16.3. The Kier molecular flexibility index (Phi) is 8.59. The average Bonchev–Trinajstić information content (AvgIpc) is 2.76. The van der Waals surface area contributed by atoms with E-state index < -0.39 is 23.6 Å². The third-order valence-corrected chi connectivity index (χ3v) is 4.34. The molecule has 0 saturated carbocycles. The molecule has 0 aromatic rings. The highest BCUT2D eigenvalue weighted by Gasteiger charge is 2.44. The molecular formula is C20H31NO4. The molecular weight excluding hydrogens is 318 g/mol. The van der Waals surface area contributed by atoms with Crippen LogP contribution in [0.2, 0.25) is 0 Å². The molecule has 5 heteroatoms. The highest BCUT2D eigenvalue weighted by Crippen LogP contribution is 2.29. The van der Waals surface area contributed by atoms with Gasteiger partial charge in [-0.25, -0.2) is 0 Å². The number of nitrogens with zero attached hydrogens (tertiary/aromatic N) is 1. The number of ketones is 1. The Morgan fingerprint density at radius 1 is 1.20 bits per heavy atom. The highest BCUT2D eigenvalue weighted by molar-refractivity contribution is 6.24. The van der Waals surface area contributed by atoms with Gasteiger partial charge >= 0.3 is 0 Å². The van der Waals surface area contributed by atoms with Gasteiger partial charge in [0, 0.05) is 0 Å². The Morgan fingerprint density at radius 3 is 2.40 bits per heavy atom. The predicted octanol–water partition coefficient (Wildman–Crippen LogP) is 4.09. The summed E-state index contributed by atoms with van der Waals surface area (Å²) in [6, 6.07) is -0.742. The van der Waals surface area contributed by atoms with Crippen molar-refractivity contribution in [2.75, 3.05) is 0 Å². The number of hydrogen-bond acceptors (Lipinski definition) is 4. The first kappa shape index (κ1) is 21.1. The van der Waals surface area contributed by atoms with Crippen LogP contribution >= 0.6 is 0 Å². The van der Waals surface area contributed by atoms with Crippen LogP contribution in [0.15, 0.2) is 23.5 Å². The van der Waals surface area contributed by atoms with Crippen LogP contribution in [0.3, 0.4) is 0 Å². The largest absolute Gasteiger partial charge is 0.509 e. The van der Waals surface area contributed by atoms with Crippen molar-refractivity contribution in [1.29, 1.82) is 0 Å². The SMILES string of the molecule is CCCCCCC/C=C/C(=O)N1C(=O)C(C(C)=O)=C(O)C1CC(C)C. The number of Topliss-reactive ketones (excluding diaryl/α,β-unsaturated/α-hetero) is 1. The van der Waals surface area contributed by atoms with Gasteiger partial charge in [-0.05, 0) is 38.2 Å². The first-order chi connectivity index (χ1) is 11.8. The molecule has 1 aliphatic heterocycles. The van der Waals surface area contributed by atoms with Gasteiger partial charge in [-0.15, -0.1) is 0 Å². The minimum Gasteiger partial charge on any atom is -0.509 e. The van der Waals surface area contributed by atoms with E-state index >= 15 is 0 Å². The molecule has 0 aromatic carbocycles. The number of allylic oxidation sites excluding steroid dienone is 1. The number of carbonyl (C=O) groups excluding carboxylic acids is 3. The molecule has 0 bridgehead atoms. The Balaban J connectivity index is 2.75. The molecule has 0 radical (unpaired) electrons. The van der Waals surface area contributed by atoms with E-state index in [0.29, 0.717) is 6.42 Å². The lowest BCUT2D eigenvalue weighted by molar-refractivity contribution is -0.140. The van der Waals surface area contributed by atoms with Crippen molar-refractivity contribution in [3.63, 3.8) is 0 Å². The summed E-state index contributed by atoms with van der Waals surface area (Å²) in [4.78, 5) is 37.6. The van der Waals surface area contributed by atoms with Gasteiger partial charge in [-0.3, -0.25) is 19.3 Å². The molecule has 25 heavy (non-hydrogen) atoms. The van der Waals surface area contributed by atoms with E-state index in [4.69, 9.17) is 0 Å².